The molecule has 0 saturated carbocycles. The van der Waals surface area contributed by atoms with Crippen LogP contribution < -0.4 is 5.32 Å². The van der Waals surface area contributed by atoms with Crippen LogP contribution in [-0.4, -0.2) is 12.5 Å². The number of hydrogen-bond acceptors (Lipinski definition) is 1. The second kappa shape index (κ2) is 5.56. The molecule has 0 aliphatic rings. The monoisotopic (exact) mass is 323 g/mol. The van der Waals surface area contributed by atoms with Gasteiger partial charge in [0.05, 0.1) is 5.56 Å². The van der Waals surface area contributed by atoms with Crippen molar-refractivity contribution in [3.8, 4) is 0 Å². The summed E-state index contributed by atoms with van der Waals surface area (Å²) in [6, 6.07) is 5.25. The zero-order chi connectivity index (χ0) is 10.6. The van der Waals surface area contributed by atoms with Crippen LogP contribution in [0.3, 0.4) is 0 Å². The predicted molar refractivity (Wildman–Crippen MR) is 66.8 cm³/mol. The molecule has 0 radical (unpaired) electrons. The first-order valence-corrected chi connectivity index (χ1v) is 5.84. The van der Waals surface area contributed by atoms with Crippen molar-refractivity contribution in [2.24, 2.45) is 0 Å². The smallest absolute Gasteiger partial charge is 0.252 e. The maximum absolute atomic E-state index is 11.6. The Kier molecular flexibility index (Phi) is 4.68. The van der Waals surface area contributed by atoms with Crippen LogP contribution in [-0.2, 0) is 0 Å². The number of carbonyl (C=O) groups is 1. The SMILES string of the molecule is CCCNC(=O)c1ccc(Cl)cc1I. The lowest BCUT2D eigenvalue weighted by atomic mass is 10.2. The lowest BCUT2D eigenvalue weighted by Gasteiger charge is -2.05. The molecule has 1 amide bonds. The van der Waals surface area contributed by atoms with Gasteiger partial charge in [0.2, 0.25) is 0 Å². The van der Waals surface area contributed by atoms with Crippen molar-refractivity contribution < 1.29 is 4.79 Å². The molecule has 1 N–H and O–H groups in total. The van der Waals surface area contributed by atoms with E-state index in [-0.39, 0.29) is 5.91 Å². The summed E-state index contributed by atoms with van der Waals surface area (Å²) in [5, 5.41) is 3.48. The molecule has 1 aromatic carbocycles. The summed E-state index contributed by atoms with van der Waals surface area (Å²) < 4.78 is 0.878. The van der Waals surface area contributed by atoms with Gasteiger partial charge in [-0.25, -0.2) is 0 Å². The van der Waals surface area contributed by atoms with Crippen molar-refractivity contribution in [2.75, 3.05) is 6.54 Å². The summed E-state index contributed by atoms with van der Waals surface area (Å²) in [6.07, 6.45) is 0.940. The maximum atomic E-state index is 11.6. The van der Waals surface area contributed by atoms with E-state index < -0.39 is 0 Å². The molecule has 0 heterocycles. The molecular weight excluding hydrogens is 312 g/mol. The largest absolute Gasteiger partial charge is 0.352 e. The van der Waals surface area contributed by atoms with Crippen molar-refractivity contribution in [1.82, 2.24) is 5.32 Å². The van der Waals surface area contributed by atoms with Crippen LogP contribution in [0.1, 0.15) is 23.7 Å². The van der Waals surface area contributed by atoms with Crippen molar-refractivity contribution >= 4 is 40.1 Å². The van der Waals surface area contributed by atoms with Crippen LogP contribution >= 0.6 is 34.2 Å². The third-order valence-electron chi connectivity index (χ3n) is 1.71. The third kappa shape index (κ3) is 3.13. The van der Waals surface area contributed by atoms with Crippen LogP contribution in [0.5, 0.6) is 0 Å². The fourth-order valence-corrected chi connectivity index (χ4v) is 2.12. The van der Waals surface area contributed by atoms with E-state index in [0.717, 1.165) is 9.99 Å². The molecule has 14 heavy (non-hydrogen) atoms. The Morgan fingerprint density at radius 1 is 1.57 bits per heavy atom. The minimum absolute atomic E-state index is 0.0343. The number of rotatable bonds is 3. The van der Waals surface area contributed by atoms with Gasteiger partial charge in [-0.2, -0.15) is 0 Å². The van der Waals surface area contributed by atoms with Crippen molar-refractivity contribution in [1.29, 1.82) is 0 Å². The van der Waals surface area contributed by atoms with Crippen molar-refractivity contribution in [3.63, 3.8) is 0 Å². The van der Waals surface area contributed by atoms with Gasteiger partial charge >= 0.3 is 0 Å². The Balaban J connectivity index is 2.80. The number of carbonyl (C=O) groups excluding carboxylic acids is 1. The first-order valence-electron chi connectivity index (χ1n) is 4.38. The van der Waals surface area contributed by atoms with Gasteiger partial charge in [-0.3, -0.25) is 4.79 Å². The quantitative estimate of drug-likeness (QED) is 0.851. The molecule has 2 nitrogen and oxygen atoms in total. The van der Waals surface area contributed by atoms with E-state index >= 15 is 0 Å². The second-order valence-electron chi connectivity index (χ2n) is 2.88. The zero-order valence-corrected chi connectivity index (χ0v) is 10.7. The Hall–Kier alpha value is -0.290. The Morgan fingerprint density at radius 3 is 2.86 bits per heavy atom. The molecule has 0 atom stereocenters. The molecule has 0 unspecified atom stereocenters. The highest BCUT2D eigenvalue weighted by Crippen LogP contribution is 2.17. The average molecular weight is 324 g/mol. The van der Waals surface area contributed by atoms with Gasteiger partial charge in [0, 0.05) is 15.1 Å². The molecule has 0 aliphatic carbocycles. The van der Waals surface area contributed by atoms with E-state index in [0.29, 0.717) is 17.1 Å². The minimum Gasteiger partial charge on any atom is -0.352 e. The van der Waals surface area contributed by atoms with Gasteiger partial charge in [-0.15, -0.1) is 0 Å². The lowest BCUT2D eigenvalue weighted by Crippen LogP contribution is -2.24. The average Bonchev–Trinajstić information content (AvgIpc) is 2.14. The molecule has 4 heteroatoms. The third-order valence-corrected chi connectivity index (χ3v) is 2.84. The Morgan fingerprint density at radius 2 is 2.29 bits per heavy atom. The van der Waals surface area contributed by atoms with Gasteiger partial charge in [-0.05, 0) is 47.2 Å². The fraction of sp³-hybridized carbons (Fsp3) is 0.300. The summed E-state index contributed by atoms with van der Waals surface area (Å²) in [5.41, 5.74) is 0.684. The normalized spacial score (nSPS) is 9.93. The first-order chi connectivity index (χ1) is 6.65. The summed E-state index contributed by atoms with van der Waals surface area (Å²) in [4.78, 5) is 11.6. The van der Waals surface area contributed by atoms with Crippen LogP contribution in [0, 0.1) is 3.57 Å². The van der Waals surface area contributed by atoms with Gasteiger partial charge < -0.3 is 5.32 Å². The van der Waals surface area contributed by atoms with Gasteiger partial charge in [0.15, 0.2) is 0 Å². The second-order valence-corrected chi connectivity index (χ2v) is 4.48. The number of halogens is 2. The highest BCUT2D eigenvalue weighted by molar-refractivity contribution is 14.1. The minimum atomic E-state index is -0.0343. The number of amides is 1. The van der Waals surface area contributed by atoms with E-state index in [2.05, 4.69) is 27.9 Å². The molecule has 0 saturated heterocycles. The number of hydrogen-bond donors (Lipinski definition) is 1. The van der Waals surface area contributed by atoms with E-state index in [1.165, 1.54) is 0 Å². The van der Waals surface area contributed by atoms with Crippen LogP contribution in [0.4, 0.5) is 0 Å². The maximum Gasteiger partial charge on any atom is 0.252 e. The van der Waals surface area contributed by atoms with Crippen LogP contribution in [0.15, 0.2) is 18.2 Å². The summed E-state index contributed by atoms with van der Waals surface area (Å²) in [6.45, 7) is 2.73. The molecule has 0 fully saturated rings. The topological polar surface area (TPSA) is 29.1 Å². The molecule has 0 aromatic heterocycles. The Labute approximate surface area is 102 Å². The molecule has 0 aliphatic heterocycles. The standard InChI is InChI=1S/C10H11ClINO/c1-2-5-13-10(14)8-4-3-7(11)6-9(8)12/h3-4,6H,2,5H2,1H3,(H,13,14). The molecule has 0 bridgehead atoms. The first kappa shape index (κ1) is 11.8. The highest BCUT2D eigenvalue weighted by Gasteiger charge is 2.08. The van der Waals surface area contributed by atoms with Crippen molar-refractivity contribution in [2.45, 2.75) is 13.3 Å². The predicted octanol–water partition coefficient (Wildman–Crippen LogP) is 3.08. The van der Waals surface area contributed by atoms with Crippen molar-refractivity contribution in [3.05, 3.63) is 32.4 Å². The summed E-state index contributed by atoms with van der Waals surface area (Å²) >= 11 is 7.90. The highest BCUT2D eigenvalue weighted by atomic mass is 127. The number of nitrogens with one attached hydrogen (secondary N) is 1. The summed E-state index contributed by atoms with van der Waals surface area (Å²) in [7, 11) is 0. The van der Waals surface area contributed by atoms with E-state index in [4.69, 9.17) is 11.6 Å². The summed E-state index contributed by atoms with van der Waals surface area (Å²) in [5.74, 6) is -0.0343. The van der Waals surface area contributed by atoms with E-state index in [1.807, 2.05) is 6.92 Å². The Bertz CT molecular complexity index is 341. The van der Waals surface area contributed by atoms with Gasteiger partial charge in [-0.1, -0.05) is 18.5 Å². The van der Waals surface area contributed by atoms with E-state index in [9.17, 15) is 4.79 Å². The number of benzene rings is 1. The molecule has 1 rings (SSSR count). The van der Waals surface area contributed by atoms with Gasteiger partial charge in [0.1, 0.15) is 0 Å². The lowest BCUT2D eigenvalue weighted by molar-refractivity contribution is 0.0953. The molecule has 1 aromatic rings. The van der Waals surface area contributed by atoms with Gasteiger partial charge in [0.25, 0.3) is 5.91 Å². The molecule has 76 valence electrons. The van der Waals surface area contributed by atoms with Crippen LogP contribution in [0.25, 0.3) is 0 Å². The molecular formula is C10H11ClINO. The van der Waals surface area contributed by atoms with Crippen LogP contribution in [0.2, 0.25) is 5.02 Å². The zero-order valence-electron chi connectivity index (χ0n) is 7.81. The van der Waals surface area contributed by atoms with E-state index in [1.54, 1.807) is 18.2 Å². The molecule has 0 spiro atoms. The fourth-order valence-electron chi connectivity index (χ4n) is 1.01.